The van der Waals surface area contributed by atoms with E-state index in [1.807, 2.05) is 35.7 Å². The fourth-order valence-electron chi connectivity index (χ4n) is 3.16. The Morgan fingerprint density at radius 2 is 2.18 bits per heavy atom. The molecule has 3 aromatic rings. The number of nitriles is 1. The van der Waals surface area contributed by atoms with Crippen LogP contribution in [0, 0.1) is 18.3 Å². The van der Waals surface area contributed by atoms with Gasteiger partial charge in [0.25, 0.3) is 0 Å². The summed E-state index contributed by atoms with van der Waals surface area (Å²) in [6.45, 7) is 5.38. The zero-order valence-corrected chi connectivity index (χ0v) is 12.4. The van der Waals surface area contributed by atoms with E-state index >= 15 is 0 Å². The van der Waals surface area contributed by atoms with Gasteiger partial charge in [-0.05, 0) is 19.1 Å². The van der Waals surface area contributed by atoms with Gasteiger partial charge in [-0.3, -0.25) is 4.90 Å². The van der Waals surface area contributed by atoms with Crippen LogP contribution < -0.4 is 0 Å². The molecule has 0 bridgehead atoms. The predicted molar refractivity (Wildman–Crippen MR) is 81.0 cm³/mol. The molecule has 0 radical (unpaired) electrons. The van der Waals surface area contributed by atoms with Crippen molar-refractivity contribution < 1.29 is 0 Å². The van der Waals surface area contributed by atoms with Crippen molar-refractivity contribution in [1.82, 2.24) is 24.1 Å². The molecule has 0 aliphatic carbocycles. The Morgan fingerprint density at radius 3 is 3.05 bits per heavy atom. The predicted octanol–water partition coefficient (Wildman–Crippen LogP) is 1.73. The SMILES string of the molecule is Cc1nnc2n1CCN(Cc1cn3ccccc3c1C#N)C2. The summed E-state index contributed by atoms with van der Waals surface area (Å²) in [7, 11) is 0. The fourth-order valence-corrected chi connectivity index (χ4v) is 3.16. The van der Waals surface area contributed by atoms with Crippen LogP contribution in [0.2, 0.25) is 0 Å². The number of hydrogen-bond donors (Lipinski definition) is 0. The first kappa shape index (κ1) is 13.0. The number of nitrogens with zero attached hydrogens (tertiary/aromatic N) is 6. The van der Waals surface area contributed by atoms with E-state index in [0.717, 1.165) is 54.5 Å². The molecule has 1 aliphatic heterocycles. The maximum atomic E-state index is 9.49. The average molecular weight is 292 g/mol. The Balaban J connectivity index is 1.64. The zero-order valence-electron chi connectivity index (χ0n) is 12.4. The molecule has 6 heteroatoms. The van der Waals surface area contributed by atoms with Crippen LogP contribution >= 0.6 is 0 Å². The van der Waals surface area contributed by atoms with E-state index < -0.39 is 0 Å². The van der Waals surface area contributed by atoms with Gasteiger partial charge < -0.3 is 8.97 Å². The van der Waals surface area contributed by atoms with Crippen LogP contribution in [0.25, 0.3) is 5.52 Å². The van der Waals surface area contributed by atoms with Crippen molar-refractivity contribution >= 4 is 5.52 Å². The quantitative estimate of drug-likeness (QED) is 0.721. The van der Waals surface area contributed by atoms with Gasteiger partial charge in [-0.1, -0.05) is 6.07 Å². The number of pyridine rings is 1. The van der Waals surface area contributed by atoms with Crippen molar-refractivity contribution in [2.45, 2.75) is 26.6 Å². The van der Waals surface area contributed by atoms with Gasteiger partial charge in [0.05, 0.1) is 17.6 Å². The summed E-state index contributed by atoms with van der Waals surface area (Å²) >= 11 is 0. The van der Waals surface area contributed by atoms with Gasteiger partial charge in [0.2, 0.25) is 0 Å². The van der Waals surface area contributed by atoms with E-state index in [2.05, 4.69) is 31.9 Å². The van der Waals surface area contributed by atoms with Crippen LogP contribution in [0.1, 0.15) is 22.8 Å². The lowest BCUT2D eigenvalue weighted by Crippen LogP contribution is -2.33. The lowest BCUT2D eigenvalue weighted by Gasteiger charge is -2.27. The van der Waals surface area contributed by atoms with Gasteiger partial charge in [0.15, 0.2) is 0 Å². The summed E-state index contributed by atoms with van der Waals surface area (Å²) < 4.78 is 4.18. The van der Waals surface area contributed by atoms with Crippen molar-refractivity contribution in [3.63, 3.8) is 0 Å². The van der Waals surface area contributed by atoms with Crippen molar-refractivity contribution in [3.8, 4) is 6.07 Å². The number of hydrogen-bond acceptors (Lipinski definition) is 4. The Kier molecular flexibility index (Phi) is 2.94. The number of fused-ring (bicyclic) bond motifs is 2. The highest BCUT2D eigenvalue weighted by atomic mass is 15.3. The van der Waals surface area contributed by atoms with Crippen molar-refractivity contribution in [2.24, 2.45) is 0 Å². The van der Waals surface area contributed by atoms with Crippen molar-refractivity contribution in [2.75, 3.05) is 6.54 Å². The molecule has 4 heterocycles. The summed E-state index contributed by atoms with van der Waals surface area (Å²) in [5.41, 5.74) is 2.80. The zero-order chi connectivity index (χ0) is 15.1. The Hall–Kier alpha value is -2.65. The van der Waals surface area contributed by atoms with Gasteiger partial charge in [0.1, 0.15) is 17.7 Å². The second kappa shape index (κ2) is 4.97. The minimum Gasteiger partial charge on any atom is -0.322 e. The lowest BCUT2D eigenvalue weighted by atomic mass is 10.1. The molecule has 0 atom stereocenters. The molecule has 3 aromatic heterocycles. The van der Waals surface area contributed by atoms with E-state index in [1.165, 1.54) is 0 Å². The number of aryl methyl sites for hydroxylation is 1. The second-order valence-corrected chi connectivity index (χ2v) is 5.66. The maximum Gasteiger partial charge on any atom is 0.147 e. The first-order chi connectivity index (χ1) is 10.8. The molecular formula is C16H16N6. The number of rotatable bonds is 2. The highest BCUT2D eigenvalue weighted by Crippen LogP contribution is 2.21. The second-order valence-electron chi connectivity index (χ2n) is 5.66. The first-order valence-corrected chi connectivity index (χ1v) is 7.36. The van der Waals surface area contributed by atoms with Crippen LogP contribution in [-0.2, 0) is 19.6 Å². The lowest BCUT2D eigenvalue weighted by molar-refractivity contribution is 0.207. The van der Waals surface area contributed by atoms with E-state index in [0.29, 0.717) is 0 Å². The smallest absolute Gasteiger partial charge is 0.147 e. The molecule has 0 spiro atoms. The Labute approximate surface area is 128 Å². The van der Waals surface area contributed by atoms with Crippen LogP contribution in [0.4, 0.5) is 0 Å². The van der Waals surface area contributed by atoms with Crippen LogP contribution in [-0.4, -0.2) is 30.6 Å². The monoisotopic (exact) mass is 292 g/mol. The molecule has 1 aliphatic rings. The highest BCUT2D eigenvalue weighted by molar-refractivity contribution is 5.65. The van der Waals surface area contributed by atoms with Gasteiger partial charge >= 0.3 is 0 Å². The first-order valence-electron chi connectivity index (χ1n) is 7.36. The minimum atomic E-state index is 0.760. The molecular weight excluding hydrogens is 276 g/mol. The third-order valence-electron chi connectivity index (χ3n) is 4.29. The minimum absolute atomic E-state index is 0.760. The summed E-state index contributed by atoms with van der Waals surface area (Å²) in [6, 6.07) is 8.28. The standard InChI is InChI=1S/C16H16N6/c1-12-18-19-16-11-20(6-7-22(12)16)9-13-10-21-5-3-2-4-15(21)14(13)8-17/h2-5,10H,6-7,9,11H2,1H3. The van der Waals surface area contributed by atoms with Crippen LogP contribution in [0.15, 0.2) is 30.6 Å². The van der Waals surface area contributed by atoms with Gasteiger partial charge in [0, 0.05) is 37.6 Å². The molecule has 0 unspecified atom stereocenters. The molecule has 22 heavy (non-hydrogen) atoms. The largest absolute Gasteiger partial charge is 0.322 e. The summed E-state index contributed by atoms with van der Waals surface area (Å²) in [5.74, 6) is 1.98. The summed E-state index contributed by atoms with van der Waals surface area (Å²) in [4.78, 5) is 2.32. The van der Waals surface area contributed by atoms with Crippen LogP contribution in [0.3, 0.4) is 0 Å². The third-order valence-corrected chi connectivity index (χ3v) is 4.29. The highest BCUT2D eigenvalue weighted by Gasteiger charge is 2.21. The van der Waals surface area contributed by atoms with Crippen molar-refractivity contribution in [1.29, 1.82) is 5.26 Å². The molecule has 6 nitrogen and oxygen atoms in total. The molecule has 0 aromatic carbocycles. The van der Waals surface area contributed by atoms with E-state index in [1.54, 1.807) is 0 Å². The molecule has 0 fully saturated rings. The Bertz CT molecular complexity index is 882. The third kappa shape index (κ3) is 1.98. The van der Waals surface area contributed by atoms with Gasteiger partial charge in [-0.2, -0.15) is 5.26 Å². The molecule has 0 saturated carbocycles. The molecule has 110 valence electrons. The molecule has 0 N–H and O–H groups in total. The maximum absolute atomic E-state index is 9.49. The normalized spacial score (nSPS) is 14.9. The molecule has 4 rings (SSSR count). The van der Waals surface area contributed by atoms with Gasteiger partial charge in [-0.15, -0.1) is 10.2 Å². The Morgan fingerprint density at radius 1 is 1.27 bits per heavy atom. The van der Waals surface area contributed by atoms with Crippen LogP contribution in [0.5, 0.6) is 0 Å². The van der Waals surface area contributed by atoms with Crippen molar-refractivity contribution in [3.05, 3.63) is 53.4 Å². The van der Waals surface area contributed by atoms with E-state index in [-0.39, 0.29) is 0 Å². The topological polar surface area (TPSA) is 62.1 Å². The fraction of sp³-hybridized carbons (Fsp3) is 0.312. The van der Waals surface area contributed by atoms with E-state index in [4.69, 9.17) is 0 Å². The number of aromatic nitrogens is 4. The molecule has 0 amide bonds. The summed E-state index contributed by atoms with van der Waals surface area (Å²) in [6.07, 6.45) is 4.04. The van der Waals surface area contributed by atoms with Gasteiger partial charge in [-0.25, -0.2) is 0 Å². The van der Waals surface area contributed by atoms with E-state index in [9.17, 15) is 5.26 Å². The summed E-state index contributed by atoms with van der Waals surface area (Å²) in [5, 5.41) is 17.9. The molecule has 0 saturated heterocycles. The average Bonchev–Trinajstić information content (AvgIpc) is 3.07.